The monoisotopic (exact) mass is 295 g/mol. The number of rotatable bonds is 5. The number of carbonyl (C=O) groups is 1. The van der Waals surface area contributed by atoms with Crippen molar-refractivity contribution in [3.63, 3.8) is 0 Å². The summed E-state index contributed by atoms with van der Waals surface area (Å²) in [6.45, 7) is 0.889. The van der Waals surface area contributed by atoms with Crippen LogP contribution in [0.25, 0.3) is 0 Å². The summed E-state index contributed by atoms with van der Waals surface area (Å²) in [6.07, 6.45) is 11.9. The van der Waals surface area contributed by atoms with Gasteiger partial charge in [-0.15, -0.1) is 0 Å². The molecule has 0 N–H and O–H groups in total. The summed E-state index contributed by atoms with van der Waals surface area (Å²) in [5.74, 6) is 0.227. The Bertz CT molecular complexity index is 600. The Morgan fingerprint density at radius 1 is 1.14 bits per heavy atom. The van der Waals surface area contributed by atoms with Crippen molar-refractivity contribution in [1.82, 2.24) is 14.9 Å². The number of aryl methyl sites for hydroxylation is 1. The maximum atomic E-state index is 12.5. The van der Waals surface area contributed by atoms with E-state index in [9.17, 15) is 4.79 Å². The molecular weight excluding hydrogens is 274 g/mol. The fraction of sp³-hybridized carbons (Fsp3) is 0.389. The van der Waals surface area contributed by atoms with E-state index in [4.69, 9.17) is 0 Å². The van der Waals surface area contributed by atoms with Gasteiger partial charge >= 0.3 is 0 Å². The second-order valence-corrected chi connectivity index (χ2v) is 5.82. The van der Waals surface area contributed by atoms with Crippen molar-refractivity contribution < 1.29 is 4.79 Å². The van der Waals surface area contributed by atoms with E-state index in [-0.39, 0.29) is 5.91 Å². The zero-order valence-electron chi connectivity index (χ0n) is 12.7. The van der Waals surface area contributed by atoms with Crippen molar-refractivity contribution in [2.24, 2.45) is 0 Å². The van der Waals surface area contributed by atoms with Gasteiger partial charge < -0.3 is 4.90 Å². The average Bonchev–Trinajstić information content (AvgIpc) is 3.03. The van der Waals surface area contributed by atoms with E-state index in [0.717, 1.165) is 37.8 Å². The molecule has 0 unspecified atom stereocenters. The molecule has 2 aromatic rings. The molecule has 1 fully saturated rings. The Labute approximate surface area is 131 Å². The first-order valence-corrected chi connectivity index (χ1v) is 7.90. The van der Waals surface area contributed by atoms with Crippen LogP contribution in [0.4, 0.5) is 0 Å². The van der Waals surface area contributed by atoms with Gasteiger partial charge in [0.1, 0.15) is 0 Å². The molecule has 1 aliphatic heterocycles. The Hall–Kier alpha value is -2.23. The molecule has 1 saturated heterocycles. The summed E-state index contributed by atoms with van der Waals surface area (Å²) in [4.78, 5) is 22.7. The highest BCUT2D eigenvalue weighted by molar-refractivity contribution is 5.79. The topological polar surface area (TPSA) is 46.1 Å². The molecule has 114 valence electrons. The van der Waals surface area contributed by atoms with Crippen LogP contribution in [0.3, 0.4) is 0 Å². The number of aromatic nitrogens is 2. The zero-order valence-corrected chi connectivity index (χ0v) is 12.7. The van der Waals surface area contributed by atoms with Gasteiger partial charge in [0.2, 0.25) is 5.91 Å². The molecule has 3 heterocycles. The van der Waals surface area contributed by atoms with Crippen LogP contribution in [0, 0.1) is 0 Å². The standard InChI is InChI=1S/C18H21N3O/c22-18(13-16-3-1-9-20-14-16)21-12-2-4-17(21)6-5-15-7-10-19-11-8-15/h1,3,7-11,14,17H,2,4-6,12-13H2/t17-/m0/s1. The molecule has 2 aromatic heterocycles. The number of hydrogen-bond acceptors (Lipinski definition) is 3. The second-order valence-electron chi connectivity index (χ2n) is 5.82. The Morgan fingerprint density at radius 3 is 2.77 bits per heavy atom. The lowest BCUT2D eigenvalue weighted by molar-refractivity contribution is -0.131. The van der Waals surface area contributed by atoms with E-state index < -0.39 is 0 Å². The first-order chi connectivity index (χ1) is 10.8. The summed E-state index contributed by atoms with van der Waals surface area (Å²) < 4.78 is 0. The maximum absolute atomic E-state index is 12.5. The van der Waals surface area contributed by atoms with Gasteiger partial charge in [0.25, 0.3) is 0 Å². The van der Waals surface area contributed by atoms with E-state index in [1.807, 2.05) is 24.5 Å². The lowest BCUT2D eigenvalue weighted by Gasteiger charge is -2.25. The lowest BCUT2D eigenvalue weighted by atomic mass is 10.0. The fourth-order valence-corrected chi connectivity index (χ4v) is 3.13. The van der Waals surface area contributed by atoms with Crippen LogP contribution >= 0.6 is 0 Å². The normalized spacial score (nSPS) is 17.6. The van der Waals surface area contributed by atoms with Crippen molar-refractivity contribution in [1.29, 1.82) is 0 Å². The minimum absolute atomic E-state index is 0.227. The molecule has 0 saturated carbocycles. The maximum Gasteiger partial charge on any atom is 0.227 e. The van der Waals surface area contributed by atoms with E-state index in [0.29, 0.717) is 12.5 Å². The Kier molecular flexibility index (Phi) is 4.78. The average molecular weight is 295 g/mol. The van der Waals surface area contributed by atoms with Crippen LogP contribution in [-0.4, -0.2) is 33.4 Å². The third-order valence-corrected chi connectivity index (χ3v) is 4.29. The summed E-state index contributed by atoms with van der Waals surface area (Å²) in [7, 11) is 0. The molecule has 0 spiro atoms. The molecule has 1 atom stereocenters. The van der Waals surface area contributed by atoms with Gasteiger partial charge in [-0.2, -0.15) is 0 Å². The van der Waals surface area contributed by atoms with Crippen molar-refractivity contribution in [3.05, 3.63) is 60.2 Å². The number of carbonyl (C=O) groups excluding carboxylic acids is 1. The first-order valence-electron chi connectivity index (χ1n) is 7.90. The lowest BCUT2D eigenvalue weighted by Crippen LogP contribution is -2.36. The third-order valence-electron chi connectivity index (χ3n) is 4.29. The predicted molar refractivity (Wildman–Crippen MR) is 85.2 cm³/mol. The van der Waals surface area contributed by atoms with Gasteiger partial charge in [-0.1, -0.05) is 6.07 Å². The molecule has 4 nitrogen and oxygen atoms in total. The Morgan fingerprint density at radius 2 is 2.00 bits per heavy atom. The van der Waals surface area contributed by atoms with Gasteiger partial charge in [0.15, 0.2) is 0 Å². The van der Waals surface area contributed by atoms with E-state index in [2.05, 4.69) is 27.0 Å². The smallest absolute Gasteiger partial charge is 0.227 e. The number of pyridine rings is 2. The van der Waals surface area contributed by atoms with Gasteiger partial charge in [-0.25, -0.2) is 0 Å². The fourth-order valence-electron chi connectivity index (χ4n) is 3.13. The SMILES string of the molecule is O=C(Cc1cccnc1)N1CCC[C@H]1CCc1ccncc1. The summed E-state index contributed by atoms with van der Waals surface area (Å²) >= 11 is 0. The first kappa shape index (κ1) is 14.7. The van der Waals surface area contributed by atoms with Gasteiger partial charge in [-0.3, -0.25) is 14.8 Å². The predicted octanol–water partition coefficient (Wildman–Crippen LogP) is 2.64. The van der Waals surface area contributed by atoms with Gasteiger partial charge in [-0.05, 0) is 55.0 Å². The highest BCUT2D eigenvalue weighted by Crippen LogP contribution is 2.22. The van der Waals surface area contributed by atoms with Crippen LogP contribution in [-0.2, 0) is 17.6 Å². The van der Waals surface area contributed by atoms with E-state index in [1.54, 1.807) is 12.4 Å². The summed E-state index contributed by atoms with van der Waals surface area (Å²) in [5, 5.41) is 0. The van der Waals surface area contributed by atoms with Gasteiger partial charge in [0, 0.05) is 37.4 Å². The second kappa shape index (κ2) is 7.16. The number of nitrogens with zero attached hydrogens (tertiary/aromatic N) is 3. The summed E-state index contributed by atoms with van der Waals surface area (Å²) in [5.41, 5.74) is 2.29. The number of hydrogen-bond donors (Lipinski definition) is 0. The van der Waals surface area contributed by atoms with Crippen LogP contribution < -0.4 is 0 Å². The quantitative estimate of drug-likeness (QED) is 0.852. The molecular formula is C18H21N3O. The minimum Gasteiger partial charge on any atom is -0.339 e. The molecule has 0 aliphatic carbocycles. The van der Waals surface area contributed by atoms with Crippen molar-refractivity contribution in [2.45, 2.75) is 38.1 Å². The third kappa shape index (κ3) is 3.70. The van der Waals surface area contributed by atoms with Crippen LogP contribution in [0.2, 0.25) is 0 Å². The van der Waals surface area contributed by atoms with Crippen LogP contribution in [0.1, 0.15) is 30.4 Å². The Balaban J connectivity index is 1.57. The van der Waals surface area contributed by atoms with Crippen molar-refractivity contribution in [3.8, 4) is 0 Å². The van der Waals surface area contributed by atoms with Crippen LogP contribution in [0.5, 0.6) is 0 Å². The molecule has 0 radical (unpaired) electrons. The molecule has 0 aromatic carbocycles. The molecule has 3 rings (SSSR count). The molecule has 1 aliphatic rings. The van der Waals surface area contributed by atoms with Crippen LogP contribution in [0.15, 0.2) is 49.1 Å². The van der Waals surface area contributed by atoms with Crippen molar-refractivity contribution >= 4 is 5.91 Å². The summed E-state index contributed by atoms with van der Waals surface area (Å²) in [6, 6.07) is 8.32. The zero-order chi connectivity index (χ0) is 15.2. The van der Waals surface area contributed by atoms with Crippen molar-refractivity contribution in [2.75, 3.05) is 6.54 Å². The number of amides is 1. The molecule has 0 bridgehead atoms. The molecule has 22 heavy (non-hydrogen) atoms. The molecule has 4 heteroatoms. The van der Waals surface area contributed by atoms with Gasteiger partial charge in [0.05, 0.1) is 6.42 Å². The van der Waals surface area contributed by atoms with E-state index in [1.165, 1.54) is 5.56 Å². The highest BCUT2D eigenvalue weighted by atomic mass is 16.2. The van der Waals surface area contributed by atoms with E-state index >= 15 is 0 Å². The minimum atomic E-state index is 0.227. The number of likely N-dealkylation sites (tertiary alicyclic amines) is 1. The largest absolute Gasteiger partial charge is 0.339 e. The highest BCUT2D eigenvalue weighted by Gasteiger charge is 2.28. The molecule has 1 amide bonds.